The second-order valence-electron chi connectivity index (χ2n) is 12.4. The summed E-state index contributed by atoms with van der Waals surface area (Å²) in [6, 6.07) is 13.5. The molecule has 3 heterocycles. The molecule has 2 aliphatic rings. The number of amides is 1. The predicted octanol–water partition coefficient (Wildman–Crippen LogP) is 6.98. The van der Waals surface area contributed by atoms with E-state index in [4.69, 9.17) is 9.47 Å². The standard InChI is InChI=1S/C32H35F3N2O5S/c1-30(2,3)42-29(38)37-16-14-31(15-17-37)13-12-25-18-24(7-11-28(25)41-31)27-10-6-23(19-36-27)21-43(39,40)20-22-4-8-26(9-5-22)32(33,34)35/h4-11,18-19H,12-17,20-21H2,1-3H3. The van der Waals surface area contributed by atoms with Crippen LogP contribution in [-0.2, 0) is 38.7 Å². The van der Waals surface area contributed by atoms with Gasteiger partial charge in [0, 0.05) is 37.7 Å². The lowest BCUT2D eigenvalue weighted by Crippen LogP contribution is -2.52. The summed E-state index contributed by atoms with van der Waals surface area (Å²) in [5.74, 6) is 0.192. The first kappa shape index (κ1) is 30.8. The van der Waals surface area contributed by atoms with Crippen LogP contribution in [0.5, 0.6) is 5.75 Å². The van der Waals surface area contributed by atoms with Crippen LogP contribution >= 0.6 is 0 Å². The minimum atomic E-state index is -4.47. The molecule has 0 N–H and O–H groups in total. The van der Waals surface area contributed by atoms with Crippen molar-refractivity contribution >= 4 is 15.9 Å². The molecule has 3 aromatic rings. The molecule has 0 atom stereocenters. The number of hydrogen-bond acceptors (Lipinski definition) is 6. The lowest BCUT2D eigenvalue weighted by molar-refractivity contribution is -0.137. The number of carbonyl (C=O) groups excluding carboxylic acids is 1. The van der Waals surface area contributed by atoms with Crippen molar-refractivity contribution in [2.75, 3.05) is 13.1 Å². The SMILES string of the molecule is CC(C)(C)OC(=O)N1CCC2(CCc3cc(-c4ccc(CS(=O)(=O)Cc5ccc(C(F)(F)F)cc5)cn4)ccc3O2)CC1. The van der Waals surface area contributed by atoms with E-state index in [1.807, 2.05) is 39.0 Å². The first-order valence-electron chi connectivity index (χ1n) is 14.2. The van der Waals surface area contributed by atoms with Gasteiger partial charge in [-0.3, -0.25) is 4.98 Å². The highest BCUT2D eigenvalue weighted by Crippen LogP contribution is 2.41. The van der Waals surface area contributed by atoms with Gasteiger partial charge in [0.05, 0.1) is 22.8 Å². The van der Waals surface area contributed by atoms with Crippen LogP contribution in [0, 0.1) is 0 Å². The summed E-state index contributed by atoms with van der Waals surface area (Å²) in [5.41, 5.74) is 1.79. The summed E-state index contributed by atoms with van der Waals surface area (Å²) in [7, 11) is -3.62. The number of benzene rings is 2. The normalized spacial score (nSPS) is 16.8. The first-order valence-corrected chi connectivity index (χ1v) is 16.0. The summed E-state index contributed by atoms with van der Waals surface area (Å²) in [6.45, 7) is 6.74. The highest BCUT2D eigenvalue weighted by atomic mass is 32.2. The second-order valence-corrected chi connectivity index (χ2v) is 14.4. The molecule has 0 saturated carbocycles. The van der Waals surface area contributed by atoms with Crippen LogP contribution in [0.4, 0.5) is 18.0 Å². The Morgan fingerprint density at radius 1 is 0.953 bits per heavy atom. The average Bonchev–Trinajstić information content (AvgIpc) is 2.92. The molecule has 0 bridgehead atoms. The molecule has 1 amide bonds. The van der Waals surface area contributed by atoms with Crippen LogP contribution in [-0.4, -0.2) is 48.7 Å². The number of carbonyl (C=O) groups is 1. The Morgan fingerprint density at radius 2 is 1.60 bits per heavy atom. The minimum Gasteiger partial charge on any atom is -0.487 e. The molecule has 2 aliphatic heterocycles. The molecule has 1 aromatic heterocycles. The number of halogens is 3. The molecule has 0 radical (unpaired) electrons. The molecular formula is C32H35F3N2O5S. The minimum absolute atomic E-state index is 0.271. The maximum atomic E-state index is 12.8. The lowest BCUT2D eigenvalue weighted by Gasteiger charge is -2.44. The smallest absolute Gasteiger partial charge is 0.416 e. The van der Waals surface area contributed by atoms with Gasteiger partial charge >= 0.3 is 12.3 Å². The molecule has 11 heteroatoms. The Morgan fingerprint density at radius 3 is 2.21 bits per heavy atom. The molecule has 1 fully saturated rings. The van der Waals surface area contributed by atoms with Gasteiger partial charge in [-0.1, -0.05) is 18.2 Å². The van der Waals surface area contributed by atoms with Gasteiger partial charge in [-0.25, -0.2) is 13.2 Å². The van der Waals surface area contributed by atoms with Crippen molar-refractivity contribution < 1.29 is 35.9 Å². The zero-order chi connectivity index (χ0) is 31.0. The number of rotatable bonds is 5. The number of alkyl halides is 3. The van der Waals surface area contributed by atoms with Gasteiger partial charge in [0.25, 0.3) is 0 Å². The van der Waals surface area contributed by atoms with Gasteiger partial charge < -0.3 is 14.4 Å². The number of piperidine rings is 1. The highest BCUT2D eigenvalue weighted by molar-refractivity contribution is 7.89. The van der Waals surface area contributed by atoms with Crippen LogP contribution in [0.2, 0.25) is 0 Å². The fourth-order valence-electron chi connectivity index (χ4n) is 5.49. The maximum Gasteiger partial charge on any atom is 0.416 e. The number of fused-ring (bicyclic) bond motifs is 1. The van der Waals surface area contributed by atoms with Crippen LogP contribution in [0.15, 0.2) is 60.8 Å². The molecule has 0 aliphatic carbocycles. The van der Waals surface area contributed by atoms with Gasteiger partial charge in [0.2, 0.25) is 0 Å². The number of ether oxygens (including phenoxy) is 2. The van der Waals surface area contributed by atoms with Gasteiger partial charge in [-0.15, -0.1) is 0 Å². The van der Waals surface area contributed by atoms with E-state index in [2.05, 4.69) is 4.98 Å². The molecule has 0 unspecified atom stereocenters. The van der Waals surface area contributed by atoms with Gasteiger partial charge in [0.1, 0.15) is 17.0 Å². The summed E-state index contributed by atoms with van der Waals surface area (Å²) >= 11 is 0. The van der Waals surface area contributed by atoms with E-state index in [1.165, 1.54) is 18.3 Å². The molecule has 7 nitrogen and oxygen atoms in total. The van der Waals surface area contributed by atoms with Crippen molar-refractivity contribution in [3.63, 3.8) is 0 Å². The first-order chi connectivity index (χ1) is 20.1. The molecule has 1 saturated heterocycles. The molecular weight excluding hydrogens is 581 g/mol. The molecule has 230 valence electrons. The quantitative estimate of drug-likeness (QED) is 0.308. The van der Waals surface area contributed by atoms with Crippen molar-refractivity contribution in [1.82, 2.24) is 9.88 Å². The van der Waals surface area contributed by atoms with Gasteiger partial charge in [-0.2, -0.15) is 13.2 Å². The van der Waals surface area contributed by atoms with Crippen molar-refractivity contribution in [1.29, 1.82) is 0 Å². The molecule has 5 rings (SSSR count). The third-order valence-electron chi connectivity index (χ3n) is 7.74. The second kappa shape index (κ2) is 11.5. The molecule has 2 aromatic carbocycles. The largest absolute Gasteiger partial charge is 0.487 e. The third kappa shape index (κ3) is 7.68. The van der Waals surface area contributed by atoms with Gasteiger partial charge in [-0.05, 0) is 86.7 Å². The number of pyridine rings is 1. The van der Waals surface area contributed by atoms with E-state index in [1.54, 1.807) is 17.0 Å². The number of sulfone groups is 1. The Bertz CT molecular complexity index is 1570. The predicted molar refractivity (Wildman–Crippen MR) is 156 cm³/mol. The molecule has 1 spiro atoms. The van der Waals surface area contributed by atoms with Crippen LogP contribution in [0.1, 0.15) is 62.3 Å². The number of aromatic nitrogens is 1. The van der Waals surface area contributed by atoms with Crippen molar-refractivity contribution in [2.45, 2.75) is 75.3 Å². The monoisotopic (exact) mass is 616 g/mol. The number of nitrogens with zero attached hydrogens (tertiary/aromatic N) is 2. The summed E-state index contributed by atoms with van der Waals surface area (Å²) < 4.78 is 75.8. The van der Waals surface area contributed by atoms with Crippen molar-refractivity contribution in [3.05, 3.63) is 83.0 Å². The van der Waals surface area contributed by atoms with E-state index < -0.39 is 27.2 Å². The number of likely N-dealkylation sites (tertiary alicyclic amines) is 1. The van der Waals surface area contributed by atoms with Crippen molar-refractivity contribution in [3.8, 4) is 17.0 Å². The summed E-state index contributed by atoms with van der Waals surface area (Å²) in [5, 5.41) is 0. The number of aryl methyl sites for hydroxylation is 1. The van der Waals surface area contributed by atoms with E-state index in [-0.39, 0.29) is 23.2 Å². The van der Waals surface area contributed by atoms with E-state index >= 15 is 0 Å². The maximum absolute atomic E-state index is 12.8. The zero-order valence-electron chi connectivity index (χ0n) is 24.4. The average molecular weight is 617 g/mol. The van der Waals surface area contributed by atoms with Crippen LogP contribution < -0.4 is 4.74 Å². The van der Waals surface area contributed by atoms with Gasteiger partial charge in [0.15, 0.2) is 9.84 Å². The Balaban J connectivity index is 1.19. The fraction of sp³-hybridized carbons (Fsp3) is 0.438. The lowest BCUT2D eigenvalue weighted by atomic mass is 9.83. The van der Waals surface area contributed by atoms with Crippen molar-refractivity contribution in [2.24, 2.45) is 0 Å². The molecule has 43 heavy (non-hydrogen) atoms. The summed E-state index contributed by atoms with van der Waals surface area (Å²) in [6.07, 6.45) is -0.108. The Kier molecular flexibility index (Phi) is 8.24. The zero-order valence-corrected chi connectivity index (χ0v) is 25.2. The highest BCUT2D eigenvalue weighted by Gasteiger charge is 2.41. The van der Waals surface area contributed by atoms with Crippen LogP contribution in [0.3, 0.4) is 0 Å². The summed E-state index contributed by atoms with van der Waals surface area (Å²) in [4.78, 5) is 18.7. The Labute approximate surface area is 249 Å². The van der Waals surface area contributed by atoms with E-state index in [9.17, 15) is 26.4 Å². The van der Waals surface area contributed by atoms with Crippen LogP contribution in [0.25, 0.3) is 11.3 Å². The Hall–Kier alpha value is -3.60. The fourth-order valence-corrected chi connectivity index (χ4v) is 6.97. The third-order valence-corrected chi connectivity index (χ3v) is 9.28. The number of hydrogen-bond donors (Lipinski definition) is 0. The topological polar surface area (TPSA) is 85.8 Å². The van der Waals surface area contributed by atoms with E-state index in [0.717, 1.165) is 54.7 Å². The van der Waals surface area contributed by atoms with E-state index in [0.29, 0.717) is 29.9 Å².